The Bertz CT molecular complexity index is 611. The fraction of sp³-hybridized carbons (Fsp3) is 0.143. The Morgan fingerprint density at radius 3 is 2.50 bits per heavy atom. The molecule has 0 saturated heterocycles. The van der Waals surface area contributed by atoms with Gasteiger partial charge < -0.3 is 5.32 Å². The molecule has 0 fully saturated rings. The second-order valence-corrected chi connectivity index (χ2v) is 4.26. The molecule has 1 amide bonds. The zero-order valence-electron chi connectivity index (χ0n) is 10.8. The van der Waals surface area contributed by atoms with E-state index in [1.54, 1.807) is 36.5 Å². The largest absolute Gasteiger partial charge is 0.344 e. The number of aromatic nitrogens is 1. The van der Waals surface area contributed by atoms with Crippen molar-refractivity contribution in [2.75, 3.05) is 0 Å². The molecule has 1 atom stereocenters. The van der Waals surface area contributed by atoms with E-state index >= 15 is 0 Å². The predicted molar refractivity (Wildman–Crippen MR) is 73.2 cm³/mol. The molecule has 1 N–H and O–H groups in total. The SMILES string of the molecule is CC(NC(=O)c1ccccn1)c1ccc([N+](=O)[O-])cc1. The molecule has 0 aliphatic heterocycles. The quantitative estimate of drug-likeness (QED) is 0.683. The standard InChI is InChI=1S/C14H13N3O3/c1-10(11-5-7-12(8-6-11)17(19)20)16-14(18)13-4-2-3-9-15-13/h2-10H,1H3,(H,16,18). The van der Waals surface area contributed by atoms with Crippen LogP contribution in [-0.2, 0) is 0 Å². The first-order valence-electron chi connectivity index (χ1n) is 6.04. The third-order valence-corrected chi connectivity index (χ3v) is 2.85. The van der Waals surface area contributed by atoms with Gasteiger partial charge in [-0.3, -0.25) is 19.9 Å². The van der Waals surface area contributed by atoms with Gasteiger partial charge in [-0.1, -0.05) is 18.2 Å². The molecular formula is C14H13N3O3. The van der Waals surface area contributed by atoms with Crippen LogP contribution >= 0.6 is 0 Å². The molecule has 1 aromatic carbocycles. The van der Waals surface area contributed by atoms with Gasteiger partial charge in [0.2, 0.25) is 0 Å². The summed E-state index contributed by atoms with van der Waals surface area (Å²) in [6.07, 6.45) is 1.55. The monoisotopic (exact) mass is 271 g/mol. The van der Waals surface area contributed by atoms with Crippen LogP contribution in [0.3, 0.4) is 0 Å². The van der Waals surface area contributed by atoms with Crippen molar-refractivity contribution in [3.63, 3.8) is 0 Å². The van der Waals surface area contributed by atoms with Crippen LogP contribution in [0.1, 0.15) is 29.0 Å². The third-order valence-electron chi connectivity index (χ3n) is 2.85. The number of carbonyl (C=O) groups is 1. The minimum absolute atomic E-state index is 0.0250. The van der Waals surface area contributed by atoms with Crippen LogP contribution in [0.5, 0.6) is 0 Å². The van der Waals surface area contributed by atoms with Crippen LogP contribution in [0.2, 0.25) is 0 Å². The number of non-ortho nitro benzene ring substituents is 1. The summed E-state index contributed by atoms with van der Waals surface area (Å²) in [7, 11) is 0. The van der Waals surface area contributed by atoms with Crippen LogP contribution < -0.4 is 5.32 Å². The summed E-state index contributed by atoms with van der Waals surface area (Å²) in [5.41, 5.74) is 1.15. The van der Waals surface area contributed by atoms with Crippen molar-refractivity contribution in [2.24, 2.45) is 0 Å². The summed E-state index contributed by atoms with van der Waals surface area (Å²) >= 11 is 0. The van der Waals surface area contributed by atoms with E-state index in [-0.39, 0.29) is 17.6 Å². The van der Waals surface area contributed by atoms with Gasteiger partial charge in [0, 0.05) is 18.3 Å². The minimum atomic E-state index is -0.457. The Kier molecular flexibility index (Phi) is 4.05. The van der Waals surface area contributed by atoms with E-state index in [1.165, 1.54) is 12.1 Å². The number of nitro groups is 1. The number of amides is 1. The number of benzene rings is 1. The lowest BCUT2D eigenvalue weighted by Gasteiger charge is -2.13. The number of nitrogens with one attached hydrogen (secondary N) is 1. The van der Waals surface area contributed by atoms with E-state index in [1.807, 2.05) is 6.92 Å². The molecule has 20 heavy (non-hydrogen) atoms. The molecule has 1 aromatic heterocycles. The molecule has 1 unspecified atom stereocenters. The van der Waals surface area contributed by atoms with Gasteiger partial charge in [-0.2, -0.15) is 0 Å². The molecule has 0 spiro atoms. The highest BCUT2D eigenvalue weighted by Gasteiger charge is 2.13. The first kappa shape index (κ1) is 13.7. The molecule has 0 saturated carbocycles. The van der Waals surface area contributed by atoms with Crippen LogP contribution in [0, 0.1) is 10.1 Å². The van der Waals surface area contributed by atoms with Gasteiger partial charge in [-0.25, -0.2) is 0 Å². The highest BCUT2D eigenvalue weighted by atomic mass is 16.6. The number of nitrogens with zero attached hydrogens (tertiary/aromatic N) is 2. The zero-order chi connectivity index (χ0) is 14.5. The first-order chi connectivity index (χ1) is 9.58. The zero-order valence-corrected chi connectivity index (χ0v) is 10.8. The molecule has 102 valence electrons. The van der Waals surface area contributed by atoms with Gasteiger partial charge in [0.1, 0.15) is 5.69 Å². The normalized spacial score (nSPS) is 11.7. The predicted octanol–water partition coefficient (Wildman–Crippen LogP) is 2.48. The second-order valence-electron chi connectivity index (χ2n) is 4.26. The molecule has 0 aliphatic carbocycles. The average molecular weight is 271 g/mol. The summed E-state index contributed by atoms with van der Waals surface area (Å²) in [5, 5.41) is 13.4. The van der Waals surface area contributed by atoms with Gasteiger partial charge in [-0.05, 0) is 24.6 Å². The van der Waals surface area contributed by atoms with Crippen molar-refractivity contribution < 1.29 is 9.72 Å². The smallest absolute Gasteiger partial charge is 0.270 e. The van der Waals surface area contributed by atoms with Gasteiger partial charge in [0.05, 0.1) is 11.0 Å². The molecule has 0 aliphatic rings. The molecular weight excluding hydrogens is 258 g/mol. The van der Waals surface area contributed by atoms with Gasteiger partial charge >= 0.3 is 0 Å². The van der Waals surface area contributed by atoms with Crippen molar-refractivity contribution in [1.82, 2.24) is 10.3 Å². The average Bonchev–Trinajstić information content (AvgIpc) is 2.48. The van der Waals surface area contributed by atoms with Crippen LogP contribution in [0.4, 0.5) is 5.69 Å². The van der Waals surface area contributed by atoms with E-state index < -0.39 is 4.92 Å². The van der Waals surface area contributed by atoms with E-state index in [4.69, 9.17) is 0 Å². The molecule has 1 heterocycles. The van der Waals surface area contributed by atoms with Crippen molar-refractivity contribution in [3.8, 4) is 0 Å². The fourth-order valence-corrected chi connectivity index (χ4v) is 1.74. The summed E-state index contributed by atoms with van der Waals surface area (Å²) in [5.74, 6) is -0.281. The highest BCUT2D eigenvalue weighted by molar-refractivity contribution is 5.92. The Hall–Kier alpha value is -2.76. The molecule has 6 nitrogen and oxygen atoms in total. The van der Waals surface area contributed by atoms with E-state index in [0.717, 1.165) is 5.56 Å². The Labute approximate surface area is 115 Å². The Balaban J connectivity index is 2.06. The van der Waals surface area contributed by atoms with Crippen molar-refractivity contribution in [2.45, 2.75) is 13.0 Å². The lowest BCUT2D eigenvalue weighted by Crippen LogP contribution is -2.27. The minimum Gasteiger partial charge on any atom is -0.344 e. The molecule has 0 radical (unpaired) electrons. The topological polar surface area (TPSA) is 85.1 Å². The van der Waals surface area contributed by atoms with Crippen molar-refractivity contribution >= 4 is 11.6 Å². The number of carbonyl (C=O) groups excluding carboxylic acids is 1. The van der Waals surface area contributed by atoms with Gasteiger partial charge in [-0.15, -0.1) is 0 Å². The van der Waals surface area contributed by atoms with Crippen molar-refractivity contribution in [1.29, 1.82) is 0 Å². The maximum atomic E-state index is 11.9. The lowest BCUT2D eigenvalue weighted by molar-refractivity contribution is -0.384. The summed E-state index contributed by atoms with van der Waals surface area (Å²) in [4.78, 5) is 26.0. The second kappa shape index (κ2) is 5.92. The van der Waals surface area contributed by atoms with Crippen LogP contribution in [-0.4, -0.2) is 15.8 Å². The molecule has 2 rings (SSSR count). The van der Waals surface area contributed by atoms with Gasteiger partial charge in [0.25, 0.3) is 11.6 Å². The summed E-state index contributed by atoms with van der Waals surface area (Å²) in [6.45, 7) is 1.81. The number of pyridine rings is 1. The van der Waals surface area contributed by atoms with Crippen molar-refractivity contribution in [3.05, 3.63) is 70.0 Å². The number of nitro benzene ring substituents is 1. The van der Waals surface area contributed by atoms with E-state index in [2.05, 4.69) is 10.3 Å². The van der Waals surface area contributed by atoms with E-state index in [9.17, 15) is 14.9 Å². The fourth-order valence-electron chi connectivity index (χ4n) is 1.74. The number of hydrogen-bond donors (Lipinski definition) is 1. The third kappa shape index (κ3) is 3.17. The Morgan fingerprint density at radius 1 is 1.25 bits per heavy atom. The van der Waals surface area contributed by atoms with Crippen LogP contribution in [0.15, 0.2) is 48.7 Å². The van der Waals surface area contributed by atoms with E-state index in [0.29, 0.717) is 5.69 Å². The number of rotatable bonds is 4. The van der Waals surface area contributed by atoms with Crippen LogP contribution in [0.25, 0.3) is 0 Å². The first-order valence-corrected chi connectivity index (χ1v) is 6.04. The maximum absolute atomic E-state index is 11.9. The Morgan fingerprint density at radius 2 is 1.95 bits per heavy atom. The number of hydrogen-bond acceptors (Lipinski definition) is 4. The lowest BCUT2D eigenvalue weighted by atomic mass is 10.1. The molecule has 2 aromatic rings. The maximum Gasteiger partial charge on any atom is 0.270 e. The summed E-state index contributed by atoms with van der Waals surface area (Å²) in [6, 6.07) is 10.9. The highest BCUT2D eigenvalue weighted by Crippen LogP contribution is 2.17. The summed E-state index contributed by atoms with van der Waals surface area (Å²) < 4.78 is 0. The van der Waals surface area contributed by atoms with Gasteiger partial charge in [0.15, 0.2) is 0 Å². The molecule has 0 bridgehead atoms. The molecule has 6 heteroatoms.